The number of rotatable bonds is 3. The molecule has 2 N–H and O–H groups in total. The molecular weight excluding hydrogens is 176 g/mol. The fraction of sp³-hybridized carbons (Fsp3) is 0.800. The Morgan fingerprint density at radius 3 is 2.64 bits per heavy atom. The number of nitrogens with two attached hydrogens (primary N) is 1. The minimum Gasteiger partial charge on any atom is -0.324 e. The summed E-state index contributed by atoms with van der Waals surface area (Å²) in [6.45, 7) is 3.56. The molecule has 2 rings (SSSR count). The molecule has 1 aromatic heterocycles. The van der Waals surface area contributed by atoms with Crippen LogP contribution in [0, 0.1) is 0 Å². The Morgan fingerprint density at radius 2 is 2.07 bits per heavy atom. The first-order valence-corrected chi connectivity index (χ1v) is 5.48. The summed E-state index contributed by atoms with van der Waals surface area (Å²) in [6, 6.07) is 0. The molecule has 14 heavy (non-hydrogen) atoms. The van der Waals surface area contributed by atoms with Crippen molar-refractivity contribution in [3.05, 3.63) is 11.6 Å². The van der Waals surface area contributed by atoms with Crippen molar-refractivity contribution in [3.8, 4) is 0 Å². The summed E-state index contributed by atoms with van der Waals surface area (Å²) in [6.07, 6.45) is 5.20. The van der Waals surface area contributed by atoms with E-state index in [4.69, 9.17) is 5.73 Å². The predicted molar refractivity (Wildman–Crippen MR) is 54.8 cm³/mol. The Balaban J connectivity index is 2.27. The van der Waals surface area contributed by atoms with Crippen LogP contribution in [0.1, 0.15) is 50.2 Å². The van der Waals surface area contributed by atoms with Crippen LogP contribution in [0.15, 0.2) is 0 Å². The minimum atomic E-state index is 0.494. The maximum atomic E-state index is 5.61. The molecule has 1 fully saturated rings. The normalized spacial score (nSPS) is 17.9. The van der Waals surface area contributed by atoms with Gasteiger partial charge in [-0.1, -0.05) is 12.8 Å². The molecule has 0 aliphatic heterocycles. The largest absolute Gasteiger partial charge is 0.324 e. The Labute approximate surface area is 84.5 Å². The zero-order valence-electron chi connectivity index (χ0n) is 8.74. The van der Waals surface area contributed by atoms with Crippen LogP contribution in [0.5, 0.6) is 0 Å². The van der Waals surface area contributed by atoms with E-state index in [0.29, 0.717) is 12.5 Å². The highest BCUT2D eigenvalue weighted by Gasteiger charge is 2.23. The van der Waals surface area contributed by atoms with Crippen molar-refractivity contribution < 1.29 is 0 Å². The van der Waals surface area contributed by atoms with Gasteiger partial charge < -0.3 is 10.3 Å². The van der Waals surface area contributed by atoms with E-state index < -0.39 is 0 Å². The smallest absolute Gasteiger partial charge is 0.146 e. The summed E-state index contributed by atoms with van der Waals surface area (Å²) in [4.78, 5) is 0. The van der Waals surface area contributed by atoms with Gasteiger partial charge in [-0.25, -0.2) is 0 Å². The SMILES string of the molecule is CCn1c(CN)nnc1C1CCCC1. The van der Waals surface area contributed by atoms with Crippen molar-refractivity contribution in [3.63, 3.8) is 0 Å². The van der Waals surface area contributed by atoms with Gasteiger partial charge in [0.25, 0.3) is 0 Å². The van der Waals surface area contributed by atoms with Gasteiger partial charge in [0.15, 0.2) is 0 Å². The van der Waals surface area contributed by atoms with E-state index in [1.165, 1.54) is 25.7 Å². The number of hydrogen-bond donors (Lipinski definition) is 1. The van der Waals surface area contributed by atoms with Crippen molar-refractivity contribution in [2.45, 2.75) is 51.6 Å². The monoisotopic (exact) mass is 194 g/mol. The fourth-order valence-electron chi connectivity index (χ4n) is 2.33. The molecule has 0 unspecified atom stereocenters. The van der Waals surface area contributed by atoms with E-state index in [1.54, 1.807) is 0 Å². The van der Waals surface area contributed by atoms with Crippen LogP contribution in [0.2, 0.25) is 0 Å². The summed E-state index contributed by atoms with van der Waals surface area (Å²) >= 11 is 0. The summed E-state index contributed by atoms with van der Waals surface area (Å²) in [7, 11) is 0. The molecule has 0 saturated heterocycles. The Bertz CT molecular complexity index is 299. The molecule has 0 bridgehead atoms. The third-order valence-electron chi connectivity index (χ3n) is 3.08. The van der Waals surface area contributed by atoms with Crippen molar-refractivity contribution in [2.24, 2.45) is 5.73 Å². The molecule has 4 nitrogen and oxygen atoms in total. The third kappa shape index (κ3) is 1.54. The van der Waals surface area contributed by atoms with Gasteiger partial charge in [-0.3, -0.25) is 0 Å². The van der Waals surface area contributed by atoms with Crippen LogP contribution < -0.4 is 5.73 Å². The van der Waals surface area contributed by atoms with Crippen LogP contribution in [0.25, 0.3) is 0 Å². The maximum absolute atomic E-state index is 5.61. The topological polar surface area (TPSA) is 56.7 Å². The highest BCUT2D eigenvalue weighted by atomic mass is 15.3. The van der Waals surface area contributed by atoms with Crippen LogP contribution >= 0.6 is 0 Å². The number of aromatic nitrogens is 3. The molecule has 1 aliphatic rings. The lowest BCUT2D eigenvalue weighted by Gasteiger charge is -2.10. The zero-order valence-corrected chi connectivity index (χ0v) is 8.74. The van der Waals surface area contributed by atoms with Gasteiger partial charge in [0.1, 0.15) is 11.6 Å². The van der Waals surface area contributed by atoms with Gasteiger partial charge in [-0.2, -0.15) is 0 Å². The first-order valence-electron chi connectivity index (χ1n) is 5.48. The molecule has 0 spiro atoms. The first kappa shape index (κ1) is 9.65. The molecule has 0 atom stereocenters. The van der Waals surface area contributed by atoms with Crippen molar-refractivity contribution in [1.82, 2.24) is 14.8 Å². The molecule has 0 radical (unpaired) electrons. The average molecular weight is 194 g/mol. The van der Waals surface area contributed by atoms with E-state index >= 15 is 0 Å². The fourth-order valence-corrected chi connectivity index (χ4v) is 2.33. The summed E-state index contributed by atoms with van der Waals surface area (Å²) in [5.74, 6) is 2.71. The lowest BCUT2D eigenvalue weighted by atomic mass is 10.1. The Hall–Kier alpha value is -0.900. The van der Waals surface area contributed by atoms with Gasteiger partial charge in [-0.05, 0) is 19.8 Å². The molecule has 4 heteroatoms. The Kier molecular flexibility index (Phi) is 2.82. The second-order valence-corrected chi connectivity index (χ2v) is 3.90. The molecule has 1 heterocycles. The van der Waals surface area contributed by atoms with Gasteiger partial charge in [0.05, 0.1) is 6.54 Å². The summed E-state index contributed by atoms with van der Waals surface area (Å²) in [5.41, 5.74) is 5.61. The molecule has 0 amide bonds. The first-order chi connectivity index (χ1) is 6.86. The van der Waals surface area contributed by atoms with Crippen molar-refractivity contribution in [2.75, 3.05) is 0 Å². The van der Waals surface area contributed by atoms with Crippen molar-refractivity contribution >= 4 is 0 Å². The van der Waals surface area contributed by atoms with Crippen LogP contribution in [0.4, 0.5) is 0 Å². The van der Waals surface area contributed by atoms with E-state index in [9.17, 15) is 0 Å². The zero-order chi connectivity index (χ0) is 9.97. The predicted octanol–water partition coefficient (Wildman–Crippen LogP) is 1.41. The van der Waals surface area contributed by atoms with Crippen molar-refractivity contribution in [1.29, 1.82) is 0 Å². The number of hydrogen-bond acceptors (Lipinski definition) is 3. The highest BCUT2D eigenvalue weighted by molar-refractivity contribution is 5.03. The van der Waals surface area contributed by atoms with Crippen LogP contribution in [-0.2, 0) is 13.1 Å². The standard InChI is InChI=1S/C10H18N4/c1-2-14-9(7-11)12-13-10(14)8-5-3-4-6-8/h8H,2-7,11H2,1H3. The molecule has 78 valence electrons. The molecule has 0 aromatic carbocycles. The van der Waals surface area contributed by atoms with Crippen LogP contribution in [0.3, 0.4) is 0 Å². The molecular formula is C10H18N4. The van der Waals surface area contributed by atoms with Gasteiger partial charge in [-0.15, -0.1) is 10.2 Å². The van der Waals surface area contributed by atoms with E-state index in [-0.39, 0.29) is 0 Å². The van der Waals surface area contributed by atoms with E-state index in [1.807, 2.05) is 0 Å². The highest BCUT2D eigenvalue weighted by Crippen LogP contribution is 2.33. The van der Waals surface area contributed by atoms with Crippen LogP contribution in [-0.4, -0.2) is 14.8 Å². The minimum absolute atomic E-state index is 0.494. The molecule has 1 aromatic rings. The third-order valence-corrected chi connectivity index (χ3v) is 3.08. The molecule has 1 saturated carbocycles. The lowest BCUT2D eigenvalue weighted by molar-refractivity contribution is 0.586. The van der Waals surface area contributed by atoms with Gasteiger partial charge in [0.2, 0.25) is 0 Å². The van der Waals surface area contributed by atoms with E-state index in [0.717, 1.165) is 18.2 Å². The number of nitrogens with zero attached hydrogens (tertiary/aromatic N) is 3. The average Bonchev–Trinajstić information content (AvgIpc) is 2.85. The maximum Gasteiger partial charge on any atom is 0.146 e. The Morgan fingerprint density at radius 1 is 1.36 bits per heavy atom. The van der Waals surface area contributed by atoms with Gasteiger partial charge in [0, 0.05) is 12.5 Å². The summed E-state index contributed by atoms with van der Waals surface area (Å²) in [5, 5.41) is 8.41. The second-order valence-electron chi connectivity index (χ2n) is 3.90. The summed E-state index contributed by atoms with van der Waals surface area (Å²) < 4.78 is 2.18. The van der Waals surface area contributed by atoms with E-state index in [2.05, 4.69) is 21.7 Å². The van der Waals surface area contributed by atoms with Gasteiger partial charge >= 0.3 is 0 Å². The quantitative estimate of drug-likeness (QED) is 0.791. The molecule has 1 aliphatic carbocycles. The lowest BCUT2D eigenvalue weighted by Crippen LogP contribution is -2.11. The second kappa shape index (κ2) is 4.09.